The Morgan fingerprint density at radius 3 is 2.54 bits per heavy atom. The quantitative estimate of drug-likeness (QED) is 0.709. The van der Waals surface area contributed by atoms with Crippen LogP contribution in [0.4, 0.5) is 0 Å². The van der Waals surface area contributed by atoms with Crippen molar-refractivity contribution in [1.82, 2.24) is 14.1 Å². The van der Waals surface area contributed by atoms with E-state index in [4.69, 9.17) is 16.3 Å². The standard InChI is InChI=1S/C20H20ClN3O4/c1-4-23-17(13(3)19(26)24(11-25)20(23)27)15-8-7-14(10-12(15)2)28-18-16(21)6-5-9-22-18/h5-10,25H,4,11H2,1-3H3. The maximum absolute atomic E-state index is 12.6. The van der Waals surface area contributed by atoms with Gasteiger partial charge in [0.2, 0.25) is 5.88 Å². The summed E-state index contributed by atoms with van der Waals surface area (Å²) in [6.07, 6.45) is 1.59. The molecular formula is C20H20ClN3O4. The van der Waals surface area contributed by atoms with Gasteiger partial charge in [0.25, 0.3) is 5.56 Å². The lowest BCUT2D eigenvalue weighted by Crippen LogP contribution is -2.42. The minimum absolute atomic E-state index is 0.295. The van der Waals surface area contributed by atoms with Crippen LogP contribution in [-0.4, -0.2) is 19.2 Å². The summed E-state index contributed by atoms with van der Waals surface area (Å²) in [6.45, 7) is 5.02. The first-order valence-electron chi connectivity index (χ1n) is 8.73. The summed E-state index contributed by atoms with van der Waals surface area (Å²) in [7, 11) is 0. The van der Waals surface area contributed by atoms with Crippen LogP contribution in [0.25, 0.3) is 11.3 Å². The topological polar surface area (TPSA) is 86.3 Å². The van der Waals surface area contributed by atoms with Gasteiger partial charge in [-0.3, -0.25) is 9.36 Å². The summed E-state index contributed by atoms with van der Waals surface area (Å²) in [5, 5.41) is 9.77. The molecule has 0 saturated heterocycles. The molecule has 3 aromatic rings. The molecule has 0 amide bonds. The zero-order valence-electron chi connectivity index (χ0n) is 15.8. The summed E-state index contributed by atoms with van der Waals surface area (Å²) >= 11 is 6.08. The molecule has 0 aliphatic carbocycles. The lowest BCUT2D eigenvalue weighted by Gasteiger charge is -2.18. The molecule has 146 valence electrons. The van der Waals surface area contributed by atoms with Gasteiger partial charge in [-0.25, -0.2) is 14.3 Å². The Kier molecular flexibility index (Phi) is 5.67. The van der Waals surface area contributed by atoms with Crippen LogP contribution in [0.3, 0.4) is 0 Å². The Labute approximate surface area is 166 Å². The van der Waals surface area contributed by atoms with E-state index >= 15 is 0 Å². The SMILES string of the molecule is CCn1c(-c2ccc(Oc3ncccc3Cl)cc2C)c(C)c(=O)n(CO)c1=O. The third-order valence-electron chi connectivity index (χ3n) is 4.50. The van der Waals surface area contributed by atoms with Crippen molar-refractivity contribution in [2.24, 2.45) is 0 Å². The summed E-state index contributed by atoms with van der Waals surface area (Å²) < 4.78 is 8.04. The number of aliphatic hydroxyl groups excluding tert-OH is 1. The Bertz CT molecular complexity index is 1150. The molecule has 0 aliphatic rings. The van der Waals surface area contributed by atoms with Gasteiger partial charge < -0.3 is 9.84 Å². The number of hydrogen-bond donors (Lipinski definition) is 1. The normalized spacial score (nSPS) is 10.9. The molecule has 0 atom stereocenters. The summed E-state index contributed by atoms with van der Waals surface area (Å²) in [5.74, 6) is 0.831. The Morgan fingerprint density at radius 1 is 1.18 bits per heavy atom. The molecule has 2 heterocycles. The van der Waals surface area contributed by atoms with Crippen LogP contribution in [0.5, 0.6) is 11.6 Å². The Hall–Kier alpha value is -2.90. The third kappa shape index (κ3) is 3.46. The molecule has 0 fully saturated rings. The molecule has 3 rings (SSSR count). The molecule has 8 heteroatoms. The molecule has 1 aromatic carbocycles. The molecule has 2 aromatic heterocycles. The van der Waals surface area contributed by atoms with E-state index in [2.05, 4.69) is 4.98 Å². The average Bonchev–Trinajstić information content (AvgIpc) is 2.67. The predicted molar refractivity (Wildman–Crippen MR) is 107 cm³/mol. The number of benzene rings is 1. The van der Waals surface area contributed by atoms with E-state index in [1.165, 1.54) is 4.57 Å². The van der Waals surface area contributed by atoms with E-state index in [-0.39, 0.29) is 0 Å². The van der Waals surface area contributed by atoms with E-state index in [1.54, 1.807) is 43.5 Å². The summed E-state index contributed by atoms with van der Waals surface area (Å²) in [6, 6.07) is 8.71. The van der Waals surface area contributed by atoms with Gasteiger partial charge in [-0.1, -0.05) is 11.6 Å². The first kappa shape index (κ1) is 19.9. The lowest BCUT2D eigenvalue weighted by molar-refractivity contribution is 0.197. The highest BCUT2D eigenvalue weighted by Crippen LogP contribution is 2.31. The average molecular weight is 402 g/mol. The highest BCUT2D eigenvalue weighted by Gasteiger charge is 2.18. The molecule has 7 nitrogen and oxygen atoms in total. The van der Waals surface area contributed by atoms with Gasteiger partial charge in [0.1, 0.15) is 17.5 Å². The predicted octanol–water partition coefficient (Wildman–Crippen LogP) is 3.10. The Morgan fingerprint density at radius 2 is 1.93 bits per heavy atom. The van der Waals surface area contributed by atoms with Crippen LogP contribution >= 0.6 is 11.6 Å². The zero-order valence-corrected chi connectivity index (χ0v) is 16.5. The van der Waals surface area contributed by atoms with E-state index in [0.29, 0.717) is 34.5 Å². The molecule has 0 spiro atoms. The van der Waals surface area contributed by atoms with Crippen molar-refractivity contribution in [3.63, 3.8) is 0 Å². The van der Waals surface area contributed by atoms with Gasteiger partial charge >= 0.3 is 5.69 Å². The van der Waals surface area contributed by atoms with Crippen LogP contribution in [0.2, 0.25) is 5.02 Å². The molecule has 0 radical (unpaired) electrons. The molecule has 1 N–H and O–H groups in total. The van der Waals surface area contributed by atoms with Gasteiger partial charge in [0, 0.05) is 23.9 Å². The number of halogens is 1. The van der Waals surface area contributed by atoms with Crippen molar-refractivity contribution >= 4 is 11.6 Å². The van der Waals surface area contributed by atoms with E-state index in [0.717, 1.165) is 15.7 Å². The van der Waals surface area contributed by atoms with Crippen molar-refractivity contribution in [3.8, 4) is 22.9 Å². The van der Waals surface area contributed by atoms with Crippen molar-refractivity contribution in [2.45, 2.75) is 34.0 Å². The fourth-order valence-electron chi connectivity index (χ4n) is 3.12. The van der Waals surface area contributed by atoms with Gasteiger partial charge in [0.15, 0.2) is 0 Å². The third-order valence-corrected chi connectivity index (χ3v) is 4.79. The van der Waals surface area contributed by atoms with Crippen LogP contribution < -0.4 is 16.0 Å². The Balaban J connectivity index is 2.12. The molecule has 28 heavy (non-hydrogen) atoms. The fraction of sp³-hybridized carbons (Fsp3) is 0.250. The van der Waals surface area contributed by atoms with Gasteiger partial charge in [-0.05, 0) is 56.7 Å². The maximum atomic E-state index is 12.6. The first-order valence-corrected chi connectivity index (χ1v) is 9.11. The van der Waals surface area contributed by atoms with E-state index < -0.39 is 18.0 Å². The number of rotatable bonds is 5. The zero-order chi connectivity index (χ0) is 20.4. The lowest BCUT2D eigenvalue weighted by atomic mass is 10.0. The summed E-state index contributed by atoms with van der Waals surface area (Å²) in [4.78, 5) is 29.2. The number of aromatic nitrogens is 3. The molecule has 0 bridgehead atoms. The summed E-state index contributed by atoms with van der Waals surface area (Å²) in [5.41, 5.74) is 1.42. The van der Waals surface area contributed by atoms with Crippen molar-refractivity contribution in [3.05, 3.63) is 73.5 Å². The number of aryl methyl sites for hydroxylation is 1. The van der Waals surface area contributed by atoms with Crippen LogP contribution in [-0.2, 0) is 13.3 Å². The van der Waals surface area contributed by atoms with Gasteiger partial charge in [-0.15, -0.1) is 0 Å². The van der Waals surface area contributed by atoms with Crippen molar-refractivity contribution in [1.29, 1.82) is 0 Å². The maximum Gasteiger partial charge on any atom is 0.333 e. The highest BCUT2D eigenvalue weighted by molar-refractivity contribution is 6.31. The smallest absolute Gasteiger partial charge is 0.333 e. The minimum atomic E-state index is -0.657. The monoisotopic (exact) mass is 401 g/mol. The minimum Gasteiger partial charge on any atom is -0.438 e. The number of ether oxygens (including phenoxy) is 1. The van der Waals surface area contributed by atoms with Crippen LogP contribution in [0.15, 0.2) is 46.1 Å². The first-order chi connectivity index (χ1) is 13.4. The van der Waals surface area contributed by atoms with Crippen LogP contribution in [0.1, 0.15) is 18.1 Å². The number of hydrogen-bond acceptors (Lipinski definition) is 5. The largest absolute Gasteiger partial charge is 0.438 e. The fourth-order valence-corrected chi connectivity index (χ4v) is 3.28. The van der Waals surface area contributed by atoms with Crippen LogP contribution in [0, 0.1) is 13.8 Å². The number of aliphatic hydroxyl groups is 1. The molecule has 0 unspecified atom stereocenters. The second-order valence-corrected chi connectivity index (χ2v) is 6.65. The van der Waals surface area contributed by atoms with Gasteiger partial charge in [-0.2, -0.15) is 0 Å². The van der Waals surface area contributed by atoms with E-state index in [9.17, 15) is 14.7 Å². The highest BCUT2D eigenvalue weighted by atomic mass is 35.5. The van der Waals surface area contributed by atoms with E-state index in [1.807, 2.05) is 13.8 Å². The number of nitrogens with zero attached hydrogens (tertiary/aromatic N) is 3. The second-order valence-electron chi connectivity index (χ2n) is 6.24. The molecule has 0 aliphatic heterocycles. The number of pyridine rings is 1. The van der Waals surface area contributed by atoms with Crippen molar-refractivity contribution in [2.75, 3.05) is 0 Å². The second kappa shape index (κ2) is 8.00. The molecular weight excluding hydrogens is 382 g/mol. The molecule has 0 saturated carbocycles. The van der Waals surface area contributed by atoms with Gasteiger partial charge in [0.05, 0.1) is 5.69 Å². The van der Waals surface area contributed by atoms with Crippen molar-refractivity contribution < 1.29 is 9.84 Å².